The van der Waals surface area contributed by atoms with E-state index in [1.54, 1.807) is 23.7 Å². The SMILES string of the molecule is CNC(=O)c1ccc(Nc2nc3c(-c4cccc(C)c4)cccn3n2)cc1. The van der Waals surface area contributed by atoms with E-state index in [1.165, 1.54) is 5.56 Å². The third-order valence-corrected chi connectivity index (χ3v) is 4.32. The molecule has 2 aromatic heterocycles. The lowest BCUT2D eigenvalue weighted by Crippen LogP contribution is -2.17. The number of carbonyl (C=O) groups is 1. The van der Waals surface area contributed by atoms with Crippen molar-refractivity contribution in [2.45, 2.75) is 6.92 Å². The summed E-state index contributed by atoms with van der Waals surface area (Å²) in [4.78, 5) is 16.3. The standard InChI is InChI=1S/C21H19N5O/c1-14-5-3-6-16(13-14)18-7-4-12-26-19(18)24-21(25-26)23-17-10-8-15(9-11-17)20(27)22-2/h3-13H,1-2H3,(H,22,27)(H,23,25). The van der Waals surface area contributed by atoms with Crippen molar-refractivity contribution in [2.75, 3.05) is 12.4 Å². The molecule has 0 aliphatic heterocycles. The minimum atomic E-state index is -0.116. The second kappa shape index (κ2) is 6.92. The van der Waals surface area contributed by atoms with Crippen LogP contribution in [0.4, 0.5) is 11.6 Å². The summed E-state index contributed by atoms with van der Waals surface area (Å²) in [5.41, 5.74) is 5.53. The molecule has 6 heteroatoms. The van der Waals surface area contributed by atoms with E-state index < -0.39 is 0 Å². The molecule has 0 aliphatic rings. The minimum Gasteiger partial charge on any atom is -0.355 e. The van der Waals surface area contributed by atoms with Crippen molar-refractivity contribution < 1.29 is 4.79 Å². The Bertz CT molecular complexity index is 1120. The molecule has 0 atom stereocenters. The van der Waals surface area contributed by atoms with Crippen LogP contribution in [0.3, 0.4) is 0 Å². The number of hydrogen-bond donors (Lipinski definition) is 2. The lowest BCUT2D eigenvalue weighted by Gasteiger charge is -2.04. The maximum Gasteiger partial charge on any atom is 0.251 e. The molecule has 2 heterocycles. The average Bonchev–Trinajstić information content (AvgIpc) is 3.10. The maximum absolute atomic E-state index is 11.6. The molecule has 2 N–H and O–H groups in total. The molecule has 0 radical (unpaired) electrons. The van der Waals surface area contributed by atoms with Gasteiger partial charge in [0.2, 0.25) is 5.95 Å². The molecule has 27 heavy (non-hydrogen) atoms. The van der Waals surface area contributed by atoms with E-state index in [9.17, 15) is 4.79 Å². The topological polar surface area (TPSA) is 71.3 Å². The number of fused-ring (bicyclic) bond motifs is 1. The fourth-order valence-corrected chi connectivity index (χ4v) is 2.98. The second-order valence-corrected chi connectivity index (χ2v) is 6.28. The van der Waals surface area contributed by atoms with Gasteiger partial charge in [0.15, 0.2) is 5.65 Å². The van der Waals surface area contributed by atoms with Crippen molar-refractivity contribution >= 4 is 23.2 Å². The molecule has 0 unspecified atom stereocenters. The zero-order valence-corrected chi connectivity index (χ0v) is 15.1. The number of anilines is 2. The molecule has 1 amide bonds. The normalized spacial score (nSPS) is 10.7. The second-order valence-electron chi connectivity index (χ2n) is 6.28. The van der Waals surface area contributed by atoms with E-state index in [-0.39, 0.29) is 5.91 Å². The lowest BCUT2D eigenvalue weighted by atomic mass is 10.1. The van der Waals surface area contributed by atoms with Crippen molar-refractivity contribution in [3.8, 4) is 11.1 Å². The zero-order valence-electron chi connectivity index (χ0n) is 15.1. The van der Waals surface area contributed by atoms with Gasteiger partial charge in [0, 0.05) is 30.1 Å². The highest BCUT2D eigenvalue weighted by molar-refractivity contribution is 5.94. The Hall–Kier alpha value is -3.67. The molecule has 0 spiro atoms. The Morgan fingerprint density at radius 3 is 2.59 bits per heavy atom. The molecule has 0 fully saturated rings. The zero-order chi connectivity index (χ0) is 18.8. The first kappa shape index (κ1) is 16.8. The van der Waals surface area contributed by atoms with Crippen LogP contribution in [0.2, 0.25) is 0 Å². The Morgan fingerprint density at radius 2 is 1.85 bits per heavy atom. The molecule has 134 valence electrons. The number of amides is 1. The van der Waals surface area contributed by atoms with Crippen LogP contribution in [0.25, 0.3) is 16.8 Å². The number of benzene rings is 2. The highest BCUT2D eigenvalue weighted by Crippen LogP contribution is 2.25. The summed E-state index contributed by atoms with van der Waals surface area (Å²) in [5.74, 6) is 0.387. The van der Waals surface area contributed by atoms with Gasteiger partial charge in [-0.2, -0.15) is 4.98 Å². The van der Waals surface area contributed by atoms with Crippen LogP contribution in [0, 0.1) is 6.92 Å². The maximum atomic E-state index is 11.6. The first-order valence-electron chi connectivity index (χ1n) is 8.65. The Morgan fingerprint density at radius 1 is 1.04 bits per heavy atom. The van der Waals surface area contributed by atoms with Gasteiger partial charge in [-0.3, -0.25) is 4.79 Å². The van der Waals surface area contributed by atoms with E-state index >= 15 is 0 Å². The third kappa shape index (κ3) is 3.37. The number of nitrogens with one attached hydrogen (secondary N) is 2. The van der Waals surface area contributed by atoms with Gasteiger partial charge in [-0.05, 0) is 48.9 Å². The van der Waals surface area contributed by atoms with Crippen LogP contribution in [-0.4, -0.2) is 27.6 Å². The summed E-state index contributed by atoms with van der Waals surface area (Å²) in [6.45, 7) is 2.07. The van der Waals surface area contributed by atoms with Crippen molar-refractivity contribution in [3.05, 3.63) is 78.0 Å². The Balaban J connectivity index is 1.66. The van der Waals surface area contributed by atoms with Gasteiger partial charge in [-0.15, -0.1) is 5.10 Å². The Kier molecular flexibility index (Phi) is 4.30. The number of pyridine rings is 1. The minimum absolute atomic E-state index is 0.116. The fourth-order valence-electron chi connectivity index (χ4n) is 2.98. The van der Waals surface area contributed by atoms with Crippen LogP contribution in [-0.2, 0) is 0 Å². The van der Waals surface area contributed by atoms with E-state index in [1.807, 2.05) is 36.5 Å². The number of carbonyl (C=O) groups excluding carboxylic acids is 1. The van der Waals surface area contributed by atoms with Crippen LogP contribution in [0.15, 0.2) is 66.9 Å². The molecule has 4 aromatic rings. The number of rotatable bonds is 4. The highest BCUT2D eigenvalue weighted by atomic mass is 16.1. The molecule has 0 saturated carbocycles. The van der Waals surface area contributed by atoms with Crippen LogP contribution in [0.1, 0.15) is 15.9 Å². The van der Waals surface area contributed by atoms with Gasteiger partial charge in [0.05, 0.1) is 0 Å². The number of hydrogen-bond acceptors (Lipinski definition) is 4. The number of nitrogens with zero attached hydrogens (tertiary/aromatic N) is 3. The van der Waals surface area contributed by atoms with Gasteiger partial charge in [0.25, 0.3) is 5.91 Å². The van der Waals surface area contributed by atoms with E-state index in [2.05, 4.69) is 45.8 Å². The van der Waals surface area contributed by atoms with Crippen LogP contribution < -0.4 is 10.6 Å². The van der Waals surface area contributed by atoms with E-state index in [0.717, 1.165) is 22.5 Å². The predicted octanol–water partition coefficient (Wildman–Crippen LogP) is 3.81. The van der Waals surface area contributed by atoms with E-state index in [0.29, 0.717) is 11.5 Å². The fraction of sp³-hybridized carbons (Fsp3) is 0.0952. The molecule has 2 aromatic carbocycles. The van der Waals surface area contributed by atoms with Gasteiger partial charge in [0.1, 0.15) is 0 Å². The van der Waals surface area contributed by atoms with Crippen molar-refractivity contribution in [2.24, 2.45) is 0 Å². The predicted molar refractivity (Wildman–Crippen MR) is 106 cm³/mol. The summed E-state index contributed by atoms with van der Waals surface area (Å²) in [6.07, 6.45) is 1.88. The summed E-state index contributed by atoms with van der Waals surface area (Å²) in [7, 11) is 1.61. The quantitative estimate of drug-likeness (QED) is 0.583. The summed E-state index contributed by atoms with van der Waals surface area (Å²) >= 11 is 0. The van der Waals surface area contributed by atoms with Crippen molar-refractivity contribution in [3.63, 3.8) is 0 Å². The molecule has 4 rings (SSSR count). The summed E-state index contributed by atoms with van der Waals surface area (Å²) < 4.78 is 1.76. The summed E-state index contributed by atoms with van der Waals surface area (Å²) in [5, 5.41) is 10.3. The monoisotopic (exact) mass is 357 g/mol. The molecule has 0 saturated heterocycles. The van der Waals surface area contributed by atoms with Crippen LogP contribution in [0.5, 0.6) is 0 Å². The highest BCUT2D eigenvalue weighted by Gasteiger charge is 2.10. The van der Waals surface area contributed by atoms with Gasteiger partial charge in [-0.25, -0.2) is 4.52 Å². The largest absolute Gasteiger partial charge is 0.355 e. The molecule has 6 nitrogen and oxygen atoms in total. The van der Waals surface area contributed by atoms with Gasteiger partial charge in [-0.1, -0.05) is 29.8 Å². The first-order chi connectivity index (χ1) is 13.1. The number of aromatic nitrogens is 3. The van der Waals surface area contributed by atoms with Crippen molar-refractivity contribution in [1.29, 1.82) is 0 Å². The van der Waals surface area contributed by atoms with Gasteiger partial charge < -0.3 is 10.6 Å². The molecule has 0 bridgehead atoms. The molecule has 0 aliphatic carbocycles. The Labute approximate surface area is 156 Å². The average molecular weight is 357 g/mol. The third-order valence-electron chi connectivity index (χ3n) is 4.32. The summed E-state index contributed by atoms with van der Waals surface area (Å²) in [6, 6.07) is 19.5. The smallest absolute Gasteiger partial charge is 0.251 e. The van der Waals surface area contributed by atoms with Crippen LogP contribution >= 0.6 is 0 Å². The van der Waals surface area contributed by atoms with E-state index in [4.69, 9.17) is 0 Å². The molecular formula is C21H19N5O. The lowest BCUT2D eigenvalue weighted by molar-refractivity contribution is 0.0963. The first-order valence-corrected chi connectivity index (χ1v) is 8.65. The molecular weight excluding hydrogens is 338 g/mol. The van der Waals surface area contributed by atoms with Gasteiger partial charge >= 0.3 is 0 Å². The number of aryl methyl sites for hydroxylation is 1. The van der Waals surface area contributed by atoms with Crippen molar-refractivity contribution in [1.82, 2.24) is 19.9 Å².